The molecule has 0 saturated carbocycles. The van der Waals surface area contributed by atoms with Crippen molar-refractivity contribution in [1.82, 2.24) is 10.2 Å². The minimum absolute atomic E-state index is 0.856. The summed E-state index contributed by atoms with van der Waals surface area (Å²) in [6, 6.07) is 0.870. The van der Waals surface area contributed by atoms with Crippen LogP contribution in [0, 0.1) is 5.92 Å². The molecule has 0 radical (unpaired) electrons. The summed E-state index contributed by atoms with van der Waals surface area (Å²) < 4.78 is 0. The van der Waals surface area contributed by atoms with E-state index < -0.39 is 0 Å². The molecule has 2 nitrogen and oxygen atoms in total. The fraction of sp³-hybridized carbons (Fsp3) is 1.00. The van der Waals surface area contributed by atoms with Crippen LogP contribution in [0.15, 0.2) is 0 Å². The van der Waals surface area contributed by atoms with Gasteiger partial charge < -0.3 is 5.32 Å². The van der Waals surface area contributed by atoms with Gasteiger partial charge in [-0.1, -0.05) is 6.92 Å². The molecule has 0 aromatic rings. The van der Waals surface area contributed by atoms with E-state index in [4.69, 9.17) is 0 Å². The van der Waals surface area contributed by atoms with Crippen molar-refractivity contribution >= 4 is 11.8 Å². The molecule has 0 amide bonds. The molecule has 94 valence electrons. The molecule has 2 heterocycles. The summed E-state index contributed by atoms with van der Waals surface area (Å²) in [4.78, 5) is 2.77. The highest BCUT2D eigenvalue weighted by Crippen LogP contribution is 2.31. The predicted molar refractivity (Wildman–Crippen MR) is 73.2 cm³/mol. The molecule has 0 spiro atoms. The molecule has 2 unspecified atom stereocenters. The van der Waals surface area contributed by atoms with Crippen molar-refractivity contribution in [3.63, 3.8) is 0 Å². The lowest BCUT2D eigenvalue weighted by Crippen LogP contribution is -2.47. The molecule has 2 rings (SSSR count). The third-order valence-corrected chi connectivity index (χ3v) is 5.54. The number of likely N-dealkylation sites (tertiary alicyclic amines) is 1. The van der Waals surface area contributed by atoms with Crippen molar-refractivity contribution in [2.24, 2.45) is 5.92 Å². The molecule has 0 bridgehead atoms. The van der Waals surface area contributed by atoms with Crippen molar-refractivity contribution in [1.29, 1.82) is 0 Å². The average molecular weight is 242 g/mol. The van der Waals surface area contributed by atoms with E-state index in [9.17, 15) is 0 Å². The Kier molecular flexibility index (Phi) is 4.98. The maximum absolute atomic E-state index is 3.32. The Bertz CT molecular complexity index is 202. The third-order valence-electron chi connectivity index (χ3n) is 4.18. The molecule has 0 aliphatic carbocycles. The molecular formula is C13H26N2S. The van der Waals surface area contributed by atoms with Gasteiger partial charge in [0.2, 0.25) is 0 Å². The first kappa shape index (κ1) is 12.7. The second-order valence-electron chi connectivity index (χ2n) is 5.32. The van der Waals surface area contributed by atoms with Gasteiger partial charge >= 0.3 is 0 Å². The van der Waals surface area contributed by atoms with Crippen molar-refractivity contribution in [3.05, 3.63) is 0 Å². The molecule has 0 aromatic heterocycles. The average Bonchev–Trinajstić information content (AvgIpc) is 2.31. The van der Waals surface area contributed by atoms with E-state index in [2.05, 4.69) is 35.9 Å². The Hall–Kier alpha value is 0.270. The zero-order valence-electron chi connectivity index (χ0n) is 10.7. The van der Waals surface area contributed by atoms with Crippen LogP contribution in [-0.2, 0) is 0 Å². The van der Waals surface area contributed by atoms with Crippen molar-refractivity contribution in [2.45, 2.75) is 43.9 Å². The van der Waals surface area contributed by atoms with Crippen LogP contribution in [0.3, 0.4) is 0 Å². The first-order chi connectivity index (χ1) is 7.81. The molecule has 16 heavy (non-hydrogen) atoms. The minimum Gasteiger partial charge on any atom is -0.319 e. The molecule has 2 fully saturated rings. The fourth-order valence-corrected chi connectivity index (χ4v) is 4.40. The smallest absolute Gasteiger partial charge is 0.0212 e. The first-order valence-electron chi connectivity index (χ1n) is 6.81. The normalized spacial score (nSPS) is 34.1. The SMILES string of the molecule is CNCC1CCN(C2CCCSC2C)CC1. The maximum atomic E-state index is 3.32. The first-order valence-corrected chi connectivity index (χ1v) is 7.86. The number of nitrogens with one attached hydrogen (secondary N) is 1. The van der Waals surface area contributed by atoms with Crippen LogP contribution in [0.2, 0.25) is 0 Å². The van der Waals surface area contributed by atoms with E-state index in [0.717, 1.165) is 17.2 Å². The van der Waals surface area contributed by atoms with Gasteiger partial charge in [-0.25, -0.2) is 0 Å². The van der Waals surface area contributed by atoms with Crippen LogP contribution in [0.1, 0.15) is 32.6 Å². The molecule has 0 aromatic carbocycles. The summed E-state index contributed by atoms with van der Waals surface area (Å²) in [5, 5.41) is 4.17. The third kappa shape index (κ3) is 3.14. The fourth-order valence-electron chi connectivity index (χ4n) is 3.16. The molecule has 2 aliphatic rings. The lowest BCUT2D eigenvalue weighted by Gasteiger charge is -2.42. The molecule has 2 aliphatic heterocycles. The molecule has 2 atom stereocenters. The van der Waals surface area contributed by atoms with Gasteiger partial charge in [0.25, 0.3) is 0 Å². The van der Waals surface area contributed by atoms with Gasteiger partial charge in [0.05, 0.1) is 0 Å². The van der Waals surface area contributed by atoms with Crippen LogP contribution >= 0.6 is 11.8 Å². The predicted octanol–water partition coefficient (Wildman–Crippen LogP) is 2.20. The highest BCUT2D eigenvalue weighted by molar-refractivity contribution is 7.99. The van der Waals surface area contributed by atoms with Crippen molar-refractivity contribution in [2.75, 3.05) is 32.4 Å². The van der Waals surface area contributed by atoms with E-state index in [0.29, 0.717) is 0 Å². The van der Waals surface area contributed by atoms with Gasteiger partial charge in [-0.05, 0) is 64.0 Å². The number of hydrogen-bond donors (Lipinski definition) is 1. The van der Waals surface area contributed by atoms with Gasteiger partial charge in [0, 0.05) is 11.3 Å². The van der Waals surface area contributed by atoms with Crippen LogP contribution in [0.25, 0.3) is 0 Å². The summed E-state index contributed by atoms with van der Waals surface area (Å²) in [6.45, 7) is 6.31. The highest BCUT2D eigenvalue weighted by atomic mass is 32.2. The van der Waals surface area contributed by atoms with Gasteiger partial charge in [0.15, 0.2) is 0 Å². The zero-order chi connectivity index (χ0) is 11.4. The summed E-state index contributed by atoms with van der Waals surface area (Å²) in [6.07, 6.45) is 5.66. The Balaban J connectivity index is 1.79. The Morgan fingerprint density at radius 2 is 2.00 bits per heavy atom. The van der Waals surface area contributed by atoms with E-state index in [1.807, 2.05) is 0 Å². The van der Waals surface area contributed by atoms with Gasteiger partial charge in [-0.2, -0.15) is 11.8 Å². The van der Waals surface area contributed by atoms with Crippen molar-refractivity contribution in [3.8, 4) is 0 Å². The largest absolute Gasteiger partial charge is 0.319 e. The molecule has 2 saturated heterocycles. The summed E-state index contributed by atoms with van der Waals surface area (Å²) in [5.41, 5.74) is 0. The molecule has 3 heteroatoms. The van der Waals surface area contributed by atoms with Crippen LogP contribution in [0.4, 0.5) is 0 Å². The van der Waals surface area contributed by atoms with E-state index in [1.165, 1.54) is 51.1 Å². The lowest BCUT2D eigenvalue weighted by molar-refractivity contribution is 0.123. The van der Waals surface area contributed by atoms with Crippen LogP contribution in [0.5, 0.6) is 0 Å². The molecule has 1 N–H and O–H groups in total. The standard InChI is InChI=1S/C13H26N2S/c1-11-13(4-3-9-16-11)15-7-5-12(6-8-15)10-14-2/h11-14H,3-10H2,1-2H3. The Morgan fingerprint density at radius 1 is 1.25 bits per heavy atom. The summed E-state index contributed by atoms with van der Waals surface area (Å²) in [7, 11) is 2.08. The van der Waals surface area contributed by atoms with Crippen LogP contribution < -0.4 is 5.32 Å². The van der Waals surface area contributed by atoms with Gasteiger partial charge in [0.1, 0.15) is 0 Å². The Labute approximate surface area is 105 Å². The van der Waals surface area contributed by atoms with Crippen molar-refractivity contribution < 1.29 is 0 Å². The minimum atomic E-state index is 0.856. The number of rotatable bonds is 3. The zero-order valence-corrected chi connectivity index (χ0v) is 11.6. The van der Waals surface area contributed by atoms with E-state index in [1.54, 1.807) is 0 Å². The number of piperidine rings is 1. The van der Waals surface area contributed by atoms with E-state index >= 15 is 0 Å². The maximum Gasteiger partial charge on any atom is 0.0212 e. The van der Waals surface area contributed by atoms with Gasteiger partial charge in [-0.15, -0.1) is 0 Å². The highest BCUT2D eigenvalue weighted by Gasteiger charge is 2.30. The second-order valence-corrected chi connectivity index (χ2v) is 6.81. The number of nitrogens with zero attached hydrogens (tertiary/aromatic N) is 1. The Morgan fingerprint density at radius 3 is 2.62 bits per heavy atom. The lowest BCUT2D eigenvalue weighted by atomic mass is 9.94. The number of thioether (sulfide) groups is 1. The number of hydrogen-bond acceptors (Lipinski definition) is 3. The van der Waals surface area contributed by atoms with Gasteiger partial charge in [-0.3, -0.25) is 4.90 Å². The monoisotopic (exact) mass is 242 g/mol. The summed E-state index contributed by atoms with van der Waals surface area (Å²) >= 11 is 2.18. The second kappa shape index (κ2) is 6.27. The topological polar surface area (TPSA) is 15.3 Å². The van der Waals surface area contributed by atoms with E-state index in [-0.39, 0.29) is 0 Å². The quantitative estimate of drug-likeness (QED) is 0.817. The van der Waals surface area contributed by atoms with Crippen LogP contribution in [-0.4, -0.2) is 48.6 Å². The summed E-state index contributed by atoms with van der Waals surface area (Å²) in [5.74, 6) is 2.31. The molecular weight excluding hydrogens is 216 g/mol.